The van der Waals surface area contributed by atoms with Crippen LogP contribution in [0.25, 0.3) is 0 Å². The highest BCUT2D eigenvalue weighted by Gasteiger charge is 2.51. The van der Waals surface area contributed by atoms with Crippen LogP contribution in [0.5, 0.6) is 0 Å². The number of hydrogen-bond acceptors (Lipinski definition) is 4. The number of carboxylic acids is 1. The zero-order valence-corrected chi connectivity index (χ0v) is 21.2. The van der Waals surface area contributed by atoms with Gasteiger partial charge in [-0.2, -0.15) is 5.10 Å². The van der Waals surface area contributed by atoms with Crippen molar-refractivity contribution in [3.05, 3.63) is 92.9 Å². The Bertz CT molecular complexity index is 1370. The molecule has 2 fully saturated rings. The lowest BCUT2D eigenvalue weighted by atomic mass is 9.90. The highest BCUT2D eigenvalue weighted by Crippen LogP contribution is 2.49. The van der Waals surface area contributed by atoms with Crippen LogP contribution in [0.1, 0.15) is 73.4 Å². The summed E-state index contributed by atoms with van der Waals surface area (Å²) in [5.41, 5.74) is 5.14. The molecular weight excluding hydrogens is 466 g/mol. The number of aromatic nitrogens is 2. The number of nitrogens with one attached hydrogen (secondary N) is 2. The molecule has 0 unspecified atom stereocenters. The lowest BCUT2D eigenvalue weighted by Crippen LogP contribution is -2.27. The number of aliphatic carboxylic acids is 1. The normalized spacial score (nSPS) is 18.0. The van der Waals surface area contributed by atoms with Crippen molar-refractivity contribution in [3.63, 3.8) is 0 Å². The molecule has 0 aliphatic heterocycles. The van der Waals surface area contributed by atoms with Crippen LogP contribution in [0.4, 0.5) is 5.69 Å². The number of H-pyrrole nitrogens is 1. The predicted molar refractivity (Wildman–Crippen MR) is 142 cm³/mol. The number of carboxylic acid groups (broad SMARTS) is 1. The Labute approximate surface area is 216 Å². The second-order valence-corrected chi connectivity index (χ2v) is 10.8. The van der Waals surface area contributed by atoms with Crippen molar-refractivity contribution in [1.29, 1.82) is 0 Å². The number of carbonyl (C=O) groups excluding carboxylic acids is 1. The van der Waals surface area contributed by atoms with E-state index in [-0.39, 0.29) is 16.9 Å². The maximum absolute atomic E-state index is 13.0. The van der Waals surface area contributed by atoms with Gasteiger partial charge in [0.1, 0.15) is 0 Å². The van der Waals surface area contributed by atoms with Gasteiger partial charge in [-0.25, -0.2) is 5.10 Å². The summed E-state index contributed by atoms with van der Waals surface area (Å²) in [6.45, 7) is 1.77. The average molecular weight is 500 g/mol. The quantitative estimate of drug-likeness (QED) is 0.452. The van der Waals surface area contributed by atoms with Crippen molar-refractivity contribution in [1.82, 2.24) is 10.2 Å². The van der Waals surface area contributed by atoms with Crippen molar-refractivity contribution in [2.45, 2.75) is 70.1 Å². The third kappa shape index (κ3) is 5.36. The molecule has 0 atom stereocenters. The molecule has 0 spiro atoms. The van der Waals surface area contributed by atoms with E-state index in [0.717, 1.165) is 85.0 Å². The number of amides is 1. The van der Waals surface area contributed by atoms with Gasteiger partial charge in [-0.3, -0.25) is 14.4 Å². The summed E-state index contributed by atoms with van der Waals surface area (Å²) >= 11 is 0. The molecule has 0 saturated heterocycles. The molecule has 7 heteroatoms. The van der Waals surface area contributed by atoms with E-state index in [1.54, 1.807) is 6.92 Å². The third-order valence-corrected chi connectivity index (χ3v) is 7.97. The largest absolute Gasteiger partial charge is 0.481 e. The van der Waals surface area contributed by atoms with E-state index in [1.165, 1.54) is 0 Å². The monoisotopic (exact) mass is 499 g/mol. The number of fused-ring (bicyclic) bond motifs is 1. The summed E-state index contributed by atoms with van der Waals surface area (Å²) in [5, 5.41) is 18.4. The first kappa shape index (κ1) is 24.9. The van der Waals surface area contributed by atoms with Gasteiger partial charge in [-0.15, -0.1) is 0 Å². The molecule has 3 N–H and O–H groups in total. The molecule has 3 aromatic rings. The van der Waals surface area contributed by atoms with Crippen molar-refractivity contribution in [2.75, 3.05) is 5.32 Å². The Hall–Kier alpha value is -3.74. The van der Waals surface area contributed by atoms with Gasteiger partial charge in [0, 0.05) is 17.7 Å². The van der Waals surface area contributed by atoms with Crippen LogP contribution in [0.3, 0.4) is 0 Å². The topological polar surface area (TPSA) is 112 Å². The average Bonchev–Trinajstić information content (AvgIpc) is 3.84. The second-order valence-electron chi connectivity index (χ2n) is 10.8. The summed E-state index contributed by atoms with van der Waals surface area (Å²) in [6, 6.07) is 18.0. The van der Waals surface area contributed by atoms with Gasteiger partial charge in [0.15, 0.2) is 0 Å². The van der Waals surface area contributed by atoms with E-state index >= 15 is 0 Å². The van der Waals surface area contributed by atoms with E-state index in [9.17, 15) is 14.4 Å². The maximum atomic E-state index is 13.0. The van der Waals surface area contributed by atoms with Gasteiger partial charge >= 0.3 is 5.97 Å². The Kier molecular flexibility index (Phi) is 6.71. The van der Waals surface area contributed by atoms with Crippen LogP contribution in [-0.4, -0.2) is 27.2 Å². The van der Waals surface area contributed by atoms with Crippen molar-refractivity contribution >= 4 is 17.6 Å². The lowest BCUT2D eigenvalue weighted by Gasteiger charge is -2.18. The van der Waals surface area contributed by atoms with E-state index in [0.29, 0.717) is 6.42 Å². The SMILES string of the molecule is CC1(C(=O)O)CC1.O=C(Nc1cccc(Cc2n[nH]c(=O)c3c2CCCC3)c1)C1(c2ccccc2)CC1. The summed E-state index contributed by atoms with van der Waals surface area (Å²) in [5.74, 6) is -0.585. The number of carbonyl (C=O) groups is 2. The highest BCUT2D eigenvalue weighted by atomic mass is 16.4. The molecule has 0 radical (unpaired) electrons. The molecule has 192 valence electrons. The Morgan fingerprint density at radius 1 is 0.973 bits per heavy atom. The summed E-state index contributed by atoms with van der Waals surface area (Å²) < 4.78 is 0. The van der Waals surface area contributed by atoms with Crippen molar-refractivity contribution < 1.29 is 14.7 Å². The van der Waals surface area contributed by atoms with Crippen LogP contribution in [-0.2, 0) is 34.3 Å². The lowest BCUT2D eigenvalue weighted by molar-refractivity contribution is -0.142. The zero-order chi connectivity index (χ0) is 26.0. The number of nitrogens with zero attached hydrogens (tertiary/aromatic N) is 1. The van der Waals surface area contributed by atoms with Crippen molar-refractivity contribution in [3.8, 4) is 0 Å². The number of benzene rings is 2. The third-order valence-electron chi connectivity index (χ3n) is 7.97. The second kappa shape index (κ2) is 9.96. The van der Waals surface area contributed by atoms with Crippen molar-refractivity contribution in [2.24, 2.45) is 5.41 Å². The smallest absolute Gasteiger partial charge is 0.309 e. The molecular formula is C30H33N3O4. The molecule has 3 aliphatic rings. The molecule has 2 saturated carbocycles. The molecule has 1 aromatic heterocycles. The molecule has 3 aliphatic carbocycles. The molecule has 6 rings (SSSR count). The Morgan fingerprint density at radius 2 is 1.68 bits per heavy atom. The van der Waals surface area contributed by atoms with E-state index in [2.05, 4.69) is 15.5 Å². The van der Waals surface area contributed by atoms with Gasteiger partial charge in [0.05, 0.1) is 16.5 Å². The number of rotatable bonds is 6. The minimum absolute atomic E-state index is 0.0508. The van der Waals surface area contributed by atoms with Crippen LogP contribution in [0, 0.1) is 5.41 Å². The van der Waals surface area contributed by atoms with Gasteiger partial charge in [0.2, 0.25) is 5.91 Å². The zero-order valence-electron chi connectivity index (χ0n) is 21.2. The highest BCUT2D eigenvalue weighted by molar-refractivity contribution is 6.01. The van der Waals surface area contributed by atoms with Crippen LogP contribution in [0.2, 0.25) is 0 Å². The fourth-order valence-corrected chi connectivity index (χ4v) is 5.01. The van der Waals surface area contributed by atoms with E-state index in [4.69, 9.17) is 5.11 Å². The first-order chi connectivity index (χ1) is 17.8. The number of hydrogen-bond donors (Lipinski definition) is 3. The summed E-state index contributed by atoms with van der Waals surface area (Å²) in [4.78, 5) is 35.2. The molecule has 1 amide bonds. The Balaban J connectivity index is 0.000000348. The van der Waals surface area contributed by atoms with Gasteiger partial charge < -0.3 is 10.4 Å². The first-order valence-electron chi connectivity index (χ1n) is 13.1. The minimum atomic E-state index is -0.646. The molecule has 0 bridgehead atoms. The number of aromatic amines is 1. The van der Waals surface area contributed by atoms with Crippen LogP contribution >= 0.6 is 0 Å². The van der Waals surface area contributed by atoms with Crippen LogP contribution < -0.4 is 10.9 Å². The standard InChI is InChI=1S/C25H25N3O2.C5H8O2/c29-23-21-12-5-4-11-20(21)22(27-28-23)16-17-7-6-10-19(15-17)26-24(30)25(13-14-25)18-8-2-1-3-9-18;1-5(2-3-5)4(6)7/h1-3,6-10,15H,4-5,11-14,16H2,(H,26,30)(H,28,29);2-3H2,1H3,(H,6,7). The van der Waals surface area contributed by atoms with E-state index in [1.807, 2.05) is 54.6 Å². The fourth-order valence-electron chi connectivity index (χ4n) is 5.01. The molecule has 37 heavy (non-hydrogen) atoms. The Morgan fingerprint density at radius 3 is 2.30 bits per heavy atom. The predicted octanol–water partition coefficient (Wildman–Crippen LogP) is 4.78. The van der Waals surface area contributed by atoms with Gasteiger partial charge in [0.25, 0.3) is 5.56 Å². The molecule has 7 nitrogen and oxygen atoms in total. The van der Waals surface area contributed by atoms with Gasteiger partial charge in [-0.1, -0.05) is 42.5 Å². The van der Waals surface area contributed by atoms with Crippen LogP contribution in [0.15, 0.2) is 59.4 Å². The molecule has 2 aromatic carbocycles. The van der Waals surface area contributed by atoms with E-state index < -0.39 is 11.4 Å². The first-order valence-corrected chi connectivity index (χ1v) is 13.1. The summed E-state index contributed by atoms with van der Waals surface area (Å²) in [6.07, 6.45) is 8.05. The minimum Gasteiger partial charge on any atom is -0.481 e. The fraction of sp³-hybridized carbons (Fsp3) is 0.400. The van der Waals surface area contributed by atoms with Gasteiger partial charge in [-0.05, 0) is 87.1 Å². The summed E-state index contributed by atoms with van der Waals surface area (Å²) in [7, 11) is 0. The number of anilines is 1. The maximum Gasteiger partial charge on any atom is 0.309 e. The molecule has 1 heterocycles.